The highest BCUT2D eigenvalue weighted by Gasteiger charge is 2.11. The summed E-state index contributed by atoms with van der Waals surface area (Å²) in [5.74, 6) is 0.816. The molecule has 0 spiro atoms. The second-order valence-corrected chi connectivity index (χ2v) is 6.42. The first-order valence-electron chi connectivity index (χ1n) is 6.22. The molecule has 0 aliphatic rings. The molecule has 2 rings (SSSR count). The number of hydrogen-bond donors (Lipinski definition) is 2. The van der Waals surface area contributed by atoms with E-state index in [2.05, 4.69) is 10.3 Å². The van der Waals surface area contributed by atoms with E-state index in [1.807, 2.05) is 37.3 Å². The Bertz CT molecular complexity index is 570. The number of nitrogens with one attached hydrogen (secondary N) is 1. The van der Waals surface area contributed by atoms with Crippen LogP contribution >= 0.6 is 23.1 Å². The van der Waals surface area contributed by atoms with Crippen LogP contribution in [-0.2, 0) is 4.79 Å². The third kappa shape index (κ3) is 4.06. The molecule has 0 unspecified atom stereocenters. The van der Waals surface area contributed by atoms with E-state index in [1.54, 1.807) is 0 Å². The molecule has 1 heterocycles. The van der Waals surface area contributed by atoms with Gasteiger partial charge in [0.2, 0.25) is 5.91 Å². The van der Waals surface area contributed by atoms with E-state index in [4.69, 9.17) is 5.11 Å². The van der Waals surface area contributed by atoms with Gasteiger partial charge in [0.05, 0.1) is 18.1 Å². The van der Waals surface area contributed by atoms with Gasteiger partial charge in [-0.25, -0.2) is 4.98 Å². The van der Waals surface area contributed by atoms with Crippen molar-refractivity contribution >= 4 is 34.1 Å². The summed E-state index contributed by atoms with van der Waals surface area (Å²) in [7, 11) is 0. The average molecular weight is 308 g/mol. The molecule has 1 aromatic carbocycles. The summed E-state index contributed by atoms with van der Waals surface area (Å²) in [6, 6.07) is 9.91. The van der Waals surface area contributed by atoms with Crippen LogP contribution in [0.3, 0.4) is 0 Å². The van der Waals surface area contributed by atoms with E-state index in [1.165, 1.54) is 23.1 Å². The van der Waals surface area contributed by atoms with E-state index in [0.717, 1.165) is 16.1 Å². The van der Waals surface area contributed by atoms with Crippen LogP contribution < -0.4 is 5.32 Å². The molecule has 20 heavy (non-hydrogen) atoms. The molecule has 0 bridgehead atoms. The normalized spacial score (nSPS) is 10.5. The van der Waals surface area contributed by atoms with Crippen LogP contribution in [0, 0.1) is 6.92 Å². The number of benzene rings is 1. The third-order valence-corrected chi connectivity index (χ3v) is 4.38. The second-order valence-electron chi connectivity index (χ2n) is 4.11. The minimum absolute atomic E-state index is 0.0863. The van der Waals surface area contributed by atoms with Crippen molar-refractivity contribution < 1.29 is 9.90 Å². The highest BCUT2D eigenvalue weighted by molar-refractivity contribution is 7.99. The zero-order chi connectivity index (χ0) is 14.4. The SMILES string of the molecule is Cc1sc(NC(=O)CSCCO)nc1-c1ccccc1. The Kier molecular flexibility index (Phi) is 5.58. The van der Waals surface area contributed by atoms with Crippen LogP contribution in [0.2, 0.25) is 0 Å². The van der Waals surface area contributed by atoms with Crippen molar-refractivity contribution in [1.29, 1.82) is 0 Å². The topological polar surface area (TPSA) is 62.2 Å². The number of carbonyl (C=O) groups excluding carboxylic acids is 1. The number of rotatable bonds is 6. The quantitative estimate of drug-likeness (QED) is 0.806. The number of thioether (sulfide) groups is 1. The lowest BCUT2D eigenvalue weighted by Gasteiger charge is -2.00. The number of hydrogen-bond acceptors (Lipinski definition) is 5. The Labute approximate surface area is 126 Å². The Hall–Kier alpha value is -1.37. The maximum absolute atomic E-state index is 11.7. The number of aryl methyl sites for hydroxylation is 1. The molecule has 1 amide bonds. The summed E-state index contributed by atoms with van der Waals surface area (Å²) in [5.41, 5.74) is 1.96. The number of aromatic nitrogens is 1. The van der Waals surface area contributed by atoms with E-state index in [0.29, 0.717) is 16.6 Å². The number of nitrogens with zero attached hydrogens (tertiary/aromatic N) is 1. The van der Waals surface area contributed by atoms with Gasteiger partial charge in [0.25, 0.3) is 0 Å². The van der Waals surface area contributed by atoms with Crippen LogP contribution in [0.4, 0.5) is 5.13 Å². The van der Waals surface area contributed by atoms with Gasteiger partial charge in [-0.15, -0.1) is 23.1 Å². The van der Waals surface area contributed by atoms with Gasteiger partial charge in [-0.3, -0.25) is 4.79 Å². The summed E-state index contributed by atoms with van der Waals surface area (Å²) in [4.78, 5) is 17.3. The average Bonchev–Trinajstić information content (AvgIpc) is 2.81. The van der Waals surface area contributed by atoms with Crippen molar-refractivity contribution in [2.45, 2.75) is 6.92 Å². The third-order valence-electron chi connectivity index (χ3n) is 2.56. The summed E-state index contributed by atoms with van der Waals surface area (Å²) >= 11 is 2.88. The fraction of sp³-hybridized carbons (Fsp3) is 0.286. The molecule has 6 heteroatoms. The molecule has 0 radical (unpaired) electrons. The fourth-order valence-electron chi connectivity index (χ4n) is 1.70. The van der Waals surface area contributed by atoms with Gasteiger partial charge in [0, 0.05) is 16.2 Å². The molecule has 0 fully saturated rings. The predicted octanol–water partition coefficient (Wildman–Crippen LogP) is 2.78. The zero-order valence-electron chi connectivity index (χ0n) is 11.1. The molecule has 4 nitrogen and oxygen atoms in total. The van der Waals surface area contributed by atoms with Gasteiger partial charge in [-0.05, 0) is 6.92 Å². The number of carbonyl (C=O) groups is 1. The van der Waals surface area contributed by atoms with Crippen LogP contribution in [0.25, 0.3) is 11.3 Å². The lowest BCUT2D eigenvalue weighted by molar-refractivity contribution is -0.113. The lowest BCUT2D eigenvalue weighted by atomic mass is 10.1. The summed E-state index contributed by atoms with van der Waals surface area (Å²) < 4.78 is 0. The van der Waals surface area contributed by atoms with Gasteiger partial charge >= 0.3 is 0 Å². The number of thiazole rings is 1. The van der Waals surface area contributed by atoms with E-state index in [9.17, 15) is 4.79 Å². The molecule has 0 saturated heterocycles. The standard InChI is InChI=1S/C14H16N2O2S2/c1-10-13(11-5-3-2-4-6-11)16-14(20-10)15-12(18)9-19-8-7-17/h2-6,17H,7-9H2,1H3,(H,15,16,18). The number of aliphatic hydroxyl groups is 1. The van der Waals surface area contributed by atoms with Crippen molar-refractivity contribution in [3.05, 3.63) is 35.2 Å². The summed E-state index contributed by atoms with van der Waals surface area (Å²) in [5, 5.41) is 12.1. The van der Waals surface area contributed by atoms with Crippen molar-refractivity contribution in [2.24, 2.45) is 0 Å². The van der Waals surface area contributed by atoms with Crippen molar-refractivity contribution in [3.63, 3.8) is 0 Å². The molecule has 0 aliphatic heterocycles. The summed E-state index contributed by atoms with van der Waals surface area (Å²) in [6.45, 7) is 2.09. The lowest BCUT2D eigenvalue weighted by Crippen LogP contribution is -2.14. The van der Waals surface area contributed by atoms with Gasteiger partial charge in [-0.1, -0.05) is 30.3 Å². The maximum atomic E-state index is 11.7. The molecule has 0 atom stereocenters. The van der Waals surface area contributed by atoms with Crippen LogP contribution in [0.15, 0.2) is 30.3 Å². The van der Waals surface area contributed by atoms with Crippen LogP contribution in [-0.4, -0.2) is 34.1 Å². The van der Waals surface area contributed by atoms with E-state index >= 15 is 0 Å². The van der Waals surface area contributed by atoms with Crippen molar-refractivity contribution in [1.82, 2.24) is 4.98 Å². The minimum atomic E-state index is -0.0863. The molecule has 2 aromatic rings. The first kappa shape index (κ1) is 15.0. The second kappa shape index (κ2) is 7.42. The highest BCUT2D eigenvalue weighted by atomic mass is 32.2. The first-order chi connectivity index (χ1) is 9.70. The van der Waals surface area contributed by atoms with Gasteiger partial charge in [-0.2, -0.15) is 0 Å². The Balaban J connectivity index is 2.03. The van der Waals surface area contributed by atoms with E-state index < -0.39 is 0 Å². The fourth-order valence-corrected chi connectivity index (χ4v) is 3.08. The molecule has 1 aromatic heterocycles. The maximum Gasteiger partial charge on any atom is 0.236 e. The van der Waals surface area contributed by atoms with E-state index in [-0.39, 0.29) is 12.5 Å². The summed E-state index contributed by atoms with van der Waals surface area (Å²) in [6.07, 6.45) is 0. The highest BCUT2D eigenvalue weighted by Crippen LogP contribution is 2.30. The number of aliphatic hydroxyl groups excluding tert-OH is 1. The Morgan fingerprint density at radius 1 is 1.40 bits per heavy atom. The number of anilines is 1. The van der Waals surface area contributed by atoms with Gasteiger partial charge in [0.15, 0.2) is 5.13 Å². The van der Waals surface area contributed by atoms with Gasteiger partial charge in [0.1, 0.15) is 0 Å². The molecular weight excluding hydrogens is 292 g/mol. The Morgan fingerprint density at radius 2 is 2.15 bits per heavy atom. The molecule has 0 saturated carbocycles. The van der Waals surface area contributed by atoms with Crippen LogP contribution in [0.1, 0.15) is 4.88 Å². The first-order valence-corrected chi connectivity index (χ1v) is 8.19. The zero-order valence-corrected chi connectivity index (χ0v) is 12.8. The predicted molar refractivity (Wildman–Crippen MR) is 85.3 cm³/mol. The molecule has 2 N–H and O–H groups in total. The molecular formula is C14H16N2O2S2. The largest absolute Gasteiger partial charge is 0.396 e. The van der Waals surface area contributed by atoms with Crippen molar-refractivity contribution in [3.8, 4) is 11.3 Å². The minimum Gasteiger partial charge on any atom is -0.396 e. The monoisotopic (exact) mass is 308 g/mol. The smallest absolute Gasteiger partial charge is 0.236 e. The molecule has 106 valence electrons. The number of amides is 1. The van der Waals surface area contributed by atoms with Crippen LogP contribution in [0.5, 0.6) is 0 Å². The van der Waals surface area contributed by atoms with Gasteiger partial charge < -0.3 is 10.4 Å². The Morgan fingerprint density at radius 3 is 2.85 bits per heavy atom. The van der Waals surface area contributed by atoms with Crippen molar-refractivity contribution in [2.75, 3.05) is 23.4 Å². The molecule has 0 aliphatic carbocycles.